The molecule has 0 saturated heterocycles. The lowest BCUT2D eigenvalue weighted by atomic mass is 10.4. The van der Waals surface area contributed by atoms with E-state index in [9.17, 15) is 9.59 Å². The smallest absolute Gasteiger partial charge is 0.330 e. The molecular formula is C8H9NO3. The molecule has 0 heterocycles. The van der Waals surface area contributed by atoms with Crippen LogP contribution in [0.1, 0.15) is 6.42 Å². The highest BCUT2D eigenvalue weighted by atomic mass is 16.5. The number of esters is 1. The first-order valence-corrected chi connectivity index (χ1v) is 3.24. The lowest BCUT2D eigenvalue weighted by molar-refractivity contribution is -0.137. The van der Waals surface area contributed by atoms with Crippen molar-refractivity contribution >= 4 is 11.9 Å². The van der Waals surface area contributed by atoms with Gasteiger partial charge in [0, 0.05) is 18.6 Å². The molecule has 64 valence electrons. The summed E-state index contributed by atoms with van der Waals surface area (Å²) < 4.78 is 4.56. The Balaban J connectivity index is 3.61. The van der Waals surface area contributed by atoms with E-state index in [1.807, 2.05) is 0 Å². The molecule has 0 unspecified atom stereocenters. The lowest BCUT2D eigenvalue weighted by Gasteiger charge is -1.95. The fourth-order valence-corrected chi connectivity index (χ4v) is 0.409. The van der Waals surface area contributed by atoms with E-state index >= 15 is 0 Å². The molecule has 0 aliphatic carbocycles. The maximum absolute atomic E-state index is 10.6. The van der Waals surface area contributed by atoms with E-state index < -0.39 is 11.9 Å². The monoisotopic (exact) mass is 167 g/mol. The Kier molecular flexibility index (Phi) is 5.11. The molecule has 2 N–H and O–H groups in total. The van der Waals surface area contributed by atoms with E-state index in [1.54, 1.807) is 0 Å². The van der Waals surface area contributed by atoms with Gasteiger partial charge in [-0.2, -0.15) is 0 Å². The van der Waals surface area contributed by atoms with Crippen molar-refractivity contribution in [1.29, 1.82) is 0 Å². The summed E-state index contributed by atoms with van der Waals surface area (Å²) in [5.74, 6) is 0.983. The molecule has 12 heavy (non-hydrogen) atoms. The molecule has 4 nitrogen and oxygen atoms in total. The third kappa shape index (κ3) is 6.36. The van der Waals surface area contributed by atoms with Crippen molar-refractivity contribution in [2.75, 3.05) is 6.61 Å². The second-order valence-electron chi connectivity index (χ2n) is 1.86. The molecule has 1 amide bonds. The molecule has 0 rings (SSSR count). The Morgan fingerprint density at radius 3 is 2.67 bits per heavy atom. The quantitative estimate of drug-likeness (QED) is 0.268. The van der Waals surface area contributed by atoms with Crippen LogP contribution in [0.4, 0.5) is 0 Å². The van der Waals surface area contributed by atoms with Gasteiger partial charge in [0.1, 0.15) is 6.61 Å². The average Bonchev–Trinajstić information content (AvgIpc) is 2.01. The summed E-state index contributed by atoms with van der Waals surface area (Å²) >= 11 is 0. The van der Waals surface area contributed by atoms with Crippen molar-refractivity contribution in [3.63, 3.8) is 0 Å². The summed E-state index contributed by atoms with van der Waals surface area (Å²) in [6.45, 7) is 0.151. The zero-order chi connectivity index (χ0) is 9.40. The maximum Gasteiger partial charge on any atom is 0.330 e. The first-order valence-electron chi connectivity index (χ1n) is 3.24. The van der Waals surface area contributed by atoms with Crippen LogP contribution in [0.3, 0.4) is 0 Å². The molecule has 0 spiro atoms. The molecule has 0 atom stereocenters. The second kappa shape index (κ2) is 5.98. The lowest BCUT2D eigenvalue weighted by Crippen LogP contribution is -2.08. The van der Waals surface area contributed by atoms with Crippen LogP contribution in [0.5, 0.6) is 0 Å². The van der Waals surface area contributed by atoms with Crippen LogP contribution in [-0.4, -0.2) is 18.5 Å². The van der Waals surface area contributed by atoms with Crippen LogP contribution in [0, 0.1) is 12.3 Å². The van der Waals surface area contributed by atoms with Gasteiger partial charge < -0.3 is 10.5 Å². The molecule has 0 aliphatic rings. The summed E-state index contributed by atoms with van der Waals surface area (Å²) in [6, 6.07) is 0. The summed E-state index contributed by atoms with van der Waals surface area (Å²) in [6.07, 6.45) is 7.15. The van der Waals surface area contributed by atoms with Crippen molar-refractivity contribution < 1.29 is 14.3 Å². The molecule has 0 radical (unpaired) electrons. The number of primary amides is 1. The first kappa shape index (κ1) is 10.2. The van der Waals surface area contributed by atoms with Crippen molar-refractivity contribution in [2.24, 2.45) is 5.73 Å². The van der Waals surface area contributed by atoms with Crippen LogP contribution in [0.25, 0.3) is 0 Å². The molecule has 0 aliphatic heterocycles. The summed E-state index contributed by atoms with van der Waals surface area (Å²) in [5, 5.41) is 0. The normalized spacial score (nSPS) is 9.25. The molecule has 0 aromatic rings. The van der Waals surface area contributed by atoms with Gasteiger partial charge in [0.25, 0.3) is 0 Å². The number of ether oxygens (including phenoxy) is 1. The van der Waals surface area contributed by atoms with E-state index in [-0.39, 0.29) is 6.61 Å². The molecule has 0 aromatic heterocycles. The summed E-state index contributed by atoms with van der Waals surface area (Å²) in [4.78, 5) is 20.8. The maximum atomic E-state index is 10.6. The van der Waals surface area contributed by atoms with Gasteiger partial charge in [0.15, 0.2) is 0 Å². The van der Waals surface area contributed by atoms with Gasteiger partial charge in [-0.05, 0) is 0 Å². The first-order chi connectivity index (χ1) is 5.66. The third-order valence-electron chi connectivity index (χ3n) is 0.874. The fourth-order valence-electron chi connectivity index (χ4n) is 0.409. The fraction of sp³-hybridized carbons (Fsp3) is 0.250. The number of nitrogens with two attached hydrogens (primary N) is 1. The Morgan fingerprint density at radius 1 is 1.50 bits per heavy atom. The Hall–Kier alpha value is -1.76. The molecule has 0 saturated carbocycles. The van der Waals surface area contributed by atoms with Crippen molar-refractivity contribution in [1.82, 2.24) is 0 Å². The molecule has 4 heteroatoms. The standard InChI is InChI=1S/C8H9NO3/c1-2-3-6-12-8(11)5-4-7(9)10/h1,4-5H,3,6H2,(H2,9,10)/b5-4+. The van der Waals surface area contributed by atoms with Crippen molar-refractivity contribution in [3.05, 3.63) is 12.2 Å². The highest BCUT2D eigenvalue weighted by Crippen LogP contribution is 1.84. The predicted octanol–water partition coefficient (Wildman–Crippen LogP) is -0.406. The minimum absolute atomic E-state index is 0.151. The average molecular weight is 167 g/mol. The van der Waals surface area contributed by atoms with E-state index in [0.29, 0.717) is 6.42 Å². The Morgan fingerprint density at radius 2 is 2.17 bits per heavy atom. The van der Waals surface area contributed by atoms with Gasteiger partial charge in [-0.15, -0.1) is 12.3 Å². The van der Waals surface area contributed by atoms with Gasteiger partial charge >= 0.3 is 5.97 Å². The highest BCUT2D eigenvalue weighted by molar-refractivity contribution is 5.93. The van der Waals surface area contributed by atoms with Gasteiger partial charge in [0.05, 0.1) is 0 Å². The van der Waals surface area contributed by atoms with E-state index in [1.165, 1.54) is 0 Å². The number of carbonyl (C=O) groups is 2. The topological polar surface area (TPSA) is 69.4 Å². The van der Waals surface area contributed by atoms with Gasteiger partial charge in [0.2, 0.25) is 5.91 Å². The highest BCUT2D eigenvalue weighted by Gasteiger charge is 1.95. The Labute approximate surface area is 70.4 Å². The van der Waals surface area contributed by atoms with E-state index in [4.69, 9.17) is 12.2 Å². The number of rotatable bonds is 4. The predicted molar refractivity (Wildman–Crippen MR) is 42.7 cm³/mol. The Bertz CT molecular complexity index is 237. The summed E-state index contributed by atoms with van der Waals surface area (Å²) in [5.41, 5.74) is 4.73. The number of hydrogen-bond acceptors (Lipinski definition) is 3. The SMILES string of the molecule is C#CCCOC(=O)/C=C/C(N)=O. The van der Waals surface area contributed by atoms with Crippen LogP contribution in [0.2, 0.25) is 0 Å². The number of amides is 1. The van der Waals surface area contributed by atoms with Crippen LogP contribution in [-0.2, 0) is 14.3 Å². The molecule has 0 fully saturated rings. The molecule has 0 bridgehead atoms. The van der Waals surface area contributed by atoms with E-state index in [0.717, 1.165) is 12.2 Å². The van der Waals surface area contributed by atoms with Crippen molar-refractivity contribution in [3.8, 4) is 12.3 Å². The minimum atomic E-state index is -0.691. The number of carbonyl (C=O) groups excluding carboxylic acids is 2. The van der Waals surface area contributed by atoms with Crippen molar-refractivity contribution in [2.45, 2.75) is 6.42 Å². The van der Waals surface area contributed by atoms with Crippen LogP contribution < -0.4 is 5.73 Å². The second-order valence-corrected chi connectivity index (χ2v) is 1.86. The summed E-state index contributed by atoms with van der Waals surface area (Å²) in [7, 11) is 0. The molecular weight excluding hydrogens is 158 g/mol. The largest absolute Gasteiger partial charge is 0.462 e. The van der Waals surface area contributed by atoms with Gasteiger partial charge in [-0.25, -0.2) is 4.79 Å². The zero-order valence-electron chi connectivity index (χ0n) is 6.45. The van der Waals surface area contributed by atoms with Gasteiger partial charge in [-0.3, -0.25) is 4.79 Å². The zero-order valence-corrected chi connectivity index (χ0v) is 6.45. The minimum Gasteiger partial charge on any atom is -0.462 e. The van der Waals surface area contributed by atoms with Crippen LogP contribution >= 0.6 is 0 Å². The third-order valence-corrected chi connectivity index (χ3v) is 0.874. The molecule has 0 aromatic carbocycles. The van der Waals surface area contributed by atoms with Gasteiger partial charge in [-0.1, -0.05) is 0 Å². The van der Waals surface area contributed by atoms with Crippen LogP contribution in [0.15, 0.2) is 12.2 Å². The number of hydrogen-bond donors (Lipinski definition) is 1. The van der Waals surface area contributed by atoms with E-state index in [2.05, 4.69) is 10.7 Å². The number of terminal acetylenes is 1.